The van der Waals surface area contributed by atoms with Crippen molar-refractivity contribution in [3.8, 4) is 5.75 Å². The predicted molar refractivity (Wildman–Crippen MR) is 134 cm³/mol. The monoisotopic (exact) mass is 492 g/mol. The number of carbonyl (C=O) groups is 1. The standard InChI is InChI=1S/C26H24N2O4S2/c29-25(17-20-12-14-23(15-13-20)28-34(30,31)26-7-4-16-33-26)27-18-21-8-10-22(11-9-21)19-32-24-5-2-1-3-6-24/h1-16,28H,17-19H2,(H,27,29). The number of hydrogen-bond acceptors (Lipinski definition) is 5. The third-order valence-electron chi connectivity index (χ3n) is 4.99. The van der Waals surface area contributed by atoms with Crippen molar-refractivity contribution in [2.45, 2.75) is 23.8 Å². The van der Waals surface area contributed by atoms with Crippen LogP contribution >= 0.6 is 11.3 Å². The number of thiophene rings is 1. The van der Waals surface area contributed by atoms with E-state index in [1.165, 1.54) is 0 Å². The average Bonchev–Trinajstić information content (AvgIpc) is 3.40. The number of nitrogens with one attached hydrogen (secondary N) is 2. The third-order valence-corrected chi connectivity index (χ3v) is 7.77. The molecule has 0 unspecified atom stereocenters. The Morgan fingerprint density at radius 1 is 0.794 bits per heavy atom. The Bertz CT molecular complexity index is 1300. The van der Waals surface area contributed by atoms with E-state index in [1.807, 2.05) is 54.6 Å². The van der Waals surface area contributed by atoms with E-state index in [0.29, 0.717) is 18.8 Å². The van der Waals surface area contributed by atoms with Gasteiger partial charge in [-0.15, -0.1) is 11.3 Å². The molecule has 1 aromatic heterocycles. The molecule has 6 nitrogen and oxygen atoms in total. The van der Waals surface area contributed by atoms with Crippen LogP contribution < -0.4 is 14.8 Å². The summed E-state index contributed by atoms with van der Waals surface area (Å²) in [6.45, 7) is 0.910. The zero-order valence-corrected chi connectivity index (χ0v) is 19.9. The molecule has 174 valence electrons. The highest BCUT2D eigenvalue weighted by Crippen LogP contribution is 2.20. The highest BCUT2D eigenvalue weighted by Gasteiger charge is 2.15. The summed E-state index contributed by atoms with van der Waals surface area (Å²) in [4.78, 5) is 12.3. The summed E-state index contributed by atoms with van der Waals surface area (Å²) in [6.07, 6.45) is 0.209. The van der Waals surface area contributed by atoms with Crippen molar-refractivity contribution in [2.24, 2.45) is 0 Å². The lowest BCUT2D eigenvalue weighted by atomic mass is 10.1. The van der Waals surface area contributed by atoms with Gasteiger partial charge in [0.15, 0.2) is 0 Å². The maximum atomic E-state index is 12.3. The van der Waals surface area contributed by atoms with Gasteiger partial charge in [-0.25, -0.2) is 8.42 Å². The molecule has 0 aliphatic heterocycles. The molecule has 0 radical (unpaired) electrons. The van der Waals surface area contributed by atoms with Gasteiger partial charge in [-0.05, 0) is 52.4 Å². The van der Waals surface area contributed by atoms with E-state index in [0.717, 1.165) is 33.8 Å². The van der Waals surface area contributed by atoms with Crippen molar-refractivity contribution in [3.05, 3.63) is 113 Å². The fraction of sp³-hybridized carbons (Fsp3) is 0.115. The van der Waals surface area contributed by atoms with Gasteiger partial charge in [0, 0.05) is 12.2 Å². The van der Waals surface area contributed by atoms with Gasteiger partial charge in [0.05, 0.1) is 6.42 Å². The highest BCUT2D eigenvalue weighted by molar-refractivity contribution is 7.94. The lowest BCUT2D eigenvalue weighted by molar-refractivity contribution is -0.120. The Labute approximate surface area is 203 Å². The van der Waals surface area contributed by atoms with Crippen LogP contribution in [-0.4, -0.2) is 14.3 Å². The Hall–Kier alpha value is -3.62. The fourth-order valence-electron chi connectivity index (χ4n) is 3.20. The normalized spacial score (nSPS) is 11.1. The highest BCUT2D eigenvalue weighted by atomic mass is 32.2. The van der Waals surface area contributed by atoms with Crippen LogP contribution in [0.1, 0.15) is 16.7 Å². The van der Waals surface area contributed by atoms with Crippen LogP contribution in [0.2, 0.25) is 0 Å². The molecule has 0 saturated heterocycles. The number of para-hydroxylation sites is 1. The quantitative estimate of drug-likeness (QED) is 0.327. The van der Waals surface area contributed by atoms with Gasteiger partial charge in [0.25, 0.3) is 10.0 Å². The number of anilines is 1. The van der Waals surface area contributed by atoms with Crippen molar-refractivity contribution in [2.75, 3.05) is 4.72 Å². The van der Waals surface area contributed by atoms with Gasteiger partial charge >= 0.3 is 0 Å². The molecule has 0 spiro atoms. The maximum Gasteiger partial charge on any atom is 0.271 e. The van der Waals surface area contributed by atoms with Crippen LogP contribution in [-0.2, 0) is 34.4 Å². The molecular weight excluding hydrogens is 468 g/mol. The second kappa shape index (κ2) is 11.0. The first-order valence-corrected chi connectivity index (χ1v) is 13.0. The molecule has 0 atom stereocenters. The van der Waals surface area contributed by atoms with Gasteiger partial charge in [-0.3, -0.25) is 9.52 Å². The molecule has 8 heteroatoms. The largest absolute Gasteiger partial charge is 0.489 e. The molecule has 1 heterocycles. The molecule has 0 aliphatic carbocycles. The van der Waals surface area contributed by atoms with Crippen molar-refractivity contribution in [1.82, 2.24) is 5.32 Å². The van der Waals surface area contributed by atoms with E-state index in [2.05, 4.69) is 10.0 Å². The maximum absolute atomic E-state index is 12.3. The van der Waals surface area contributed by atoms with Crippen LogP contribution in [0, 0.1) is 0 Å². The molecule has 2 N–H and O–H groups in total. The number of carbonyl (C=O) groups excluding carboxylic acids is 1. The first-order chi connectivity index (χ1) is 16.5. The molecule has 0 aliphatic rings. The van der Waals surface area contributed by atoms with Crippen LogP contribution in [0.5, 0.6) is 5.75 Å². The molecule has 0 bridgehead atoms. The summed E-state index contributed by atoms with van der Waals surface area (Å²) in [5.41, 5.74) is 3.29. The number of sulfonamides is 1. The molecule has 34 heavy (non-hydrogen) atoms. The van der Waals surface area contributed by atoms with Crippen molar-refractivity contribution >= 4 is 33.0 Å². The summed E-state index contributed by atoms with van der Waals surface area (Å²) in [5.74, 6) is 0.718. The van der Waals surface area contributed by atoms with E-state index in [1.54, 1.807) is 41.8 Å². The van der Waals surface area contributed by atoms with E-state index < -0.39 is 10.0 Å². The second-order valence-corrected chi connectivity index (χ2v) is 10.5. The minimum atomic E-state index is -3.58. The Morgan fingerprint density at radius 2 is 1.47 bits per heavy atom. The molecule has 3 aromatic carbocycles. The molecule has 4 aromatic rings. The Balaban J connectivity index is 1.23. The lowest BCUT2D eigenvalue weighted by Crippen LogP contribution is -2.24. The van der Waals surface area contributed by atoms with E-state index >= 15 is 0 Å². The van der Waals surface area contributed by atoms with Crippen LogP contribution in [0.3, 0.4) is 0 Å². The van der Waals surface area contributed by atoms with Gasteiger partial charge in [0.2, 0.25) is 5.91 Å². The van der Waals surface area contributed by atoms with E-state index in [-0.39, 0.29) is 16.5 Å². The topological polar surface area (TPSA) is 84.5 Å². The molecule has 1 amide bonds. The summed E-state index contributed by atoms with van der Waals surface area (Å²) in [7, 11) is -3.58. The smallest absolute Gasteiger partial charge is 0.271 e. The van der Waals surface area contributed by atoms with Gasteiger partial charge in [-0.2, -0.15) is 0 Å². The fourth-order valence-corrected chi connectivity index (χ4v) is 5.25. The third kappa shape index (κ3) is 6.69. The predicted octanol–water partition coefficient (Wildman–Crippen LogP) is 4.99. The summed E-state index contributed by atoms with van der Waals surface area (Å²) in [6, 6.07) is 27.6. The Kier molecular flexibility index (Phi) is 7.61. The molecule has 0 saturated carbocycles. The van der Waals surface area contributed by atoms with E-state index in [9.17, 15) is 13.2 Å². The van der Waals surface area contributed by atoms with Crippen molar-refractivity contribution in [3.63, 3.8) is 0 Å². The zero-order chi connectivity index (χ0) is 23.8. The van der Waals surface area contributed by atoms with Gasteiger partial charge in [-0.1, -0.05) is 60.7 Å². The number of ether oxygens (including phenoxy) is 1. The van der Waals surface area contributed by atoms with Crippen LogP contribution in [0.15, 0.2) is 101 Å². The number of hydrogen-bond donors (Lipinski definition) is 2. The van der Waals surface area contributed by atoms with Gasteiger partial charge < -0.3 is 10.1 Å². The van der Waals surface area contributed by atoms with E-state index in [4.69, 9.17) is 4.74 Å². The minimum Gasteiger partial charge on any atom is -0.489 e. The van der Waals surface area contributed by atoms with Crippen molar-refractivity contribution < 1.29 is 17.9 Å². The lowest BCUT2D eigenvalue weighted by Gasteiger charge is -2.09. The molecule has 4 rings (SSSR count). The minimum absolute atomic E-state index is 0.108. The zero-order valence-electron chi connectivity index (χ0n) is 18.3. The summed E-state index contributed by atoms with van der Waals surface area (Å²) >= 11 is 1.16. The SMILES string of the molecule is O=C(Cc1ccc(NS(=O)(=O)c2cccs2)cc1)NCc1ccc(COc2ccccc2)cc1. The first-order valence-electron chi connectivity index (χ1n) is 10.7. The summed E-state index contributed by atoms with van der Waals surface area (Å²) in [5, 5.41) is 4.63. The van der Waals surface area contributed by atoms with Crippen LogP contribution in [0.25, 0.3) is 0 Å². The first kappa shape index (κ1) is 23.5. The van der Waals surface area contributed by atoms with Crippen molar-refractivity contribution in [1.29, 1.82) is 0 Å². The Morgan fingerprint density at radius 3 is 2.15 bits per heavy atom. The van der Waals surface area contributed by atoms with Gasteiger partial charge in [0.1, 0.15) is 16.6 Å². The number of rotatable bonds is 10. The number of benzene rings is 3. The second-order valence-electron chi connectivity index (χ2n) is 7.61. The molecule has 0 fully saturated rings. The number of amides is 1. The molecular formula is C26H24N2O4S2. The van der Waals surface area contributed by atoms with Crippen LogP contribution in [0.4, 0.5) is 5.69 Å². The average molecular weight is 493 g/mol. The summed E-state index contributed by atoms with van der Waals surface area (Å²) < 4.78 is 33.1.